The number of rotatable bonds is 8. The van der Waals surface area contributed by atoms with Crippen LogP contribution in [0.25, 0.3) is 197 Å². The van der Waals surface area contributed by atoms with Crippen LogP contribution in [0.15, 0.2) is 388 Å². The first-order chi connectivity index (χ1) is 49.6. The zero-order valence-electron chi connectivity index (χ0n) is 55.0. The van der Waals surface area contributed by atoms with Crippen molar-refractivity contribution in [1.82, 2.24) is 0 Å². The van der Waals surface area contributed by atoms with Gasteiger partial charge in [0.15, 0.2) is 0 Å². The van der Waals surface area contributed by atoms with Gasteiger partial charge in [-0.3, -0.25) is 0 Å². The molecule has 0 unspecified atom stereocenters. The maximum absolute atomic E-state index is 2.37. The van der Waals surface area contributed by atoms with E-state index >= 15 is 0 Å². The van der Waals surface area contributed by atoms with E-state index < -0.39 is 0 Å². The topological polar surface area (TPSA) is 0 Å². The predicted octanol–water partition coefficient (Wildman–Crippen LogP) is 28.2. The molecule has 0 bridgehead atoms. The summed E-state index contributed by atoms with van der Waals surface area (Å²) < 4.78 is 0. The Hall–Kier alpha value is -13.0. The summed E-state index contributed by atoms with van der Waals surface area (Å²) in [5.74, 6) is 0. The molecule has 0 aliphatic carbocycles. The molecule has 0 nitrogen and oxygen atoms in total. The minimum absolute atomic E-state index is 1.22. The van der Waals surface area contributed by atoms with Crippen LogP contribution in [0.4, 0.5) is 0 Å². The first kappa shape index (κ1) is 58.4. The number of benzene rings is 20. The molecule has 100 heavy (non-hydrogen) atoms. The van der Waals surface area contributed by atoms with Gasteiger partial charge in [0.1, 0.15) is 0 Å². The second-order valence-electron chi connectivity index (χ2n) is 26.6. The summed E-state index contributed by atoms with van der Waals surface area (Å²) in [4.78, 5) is 0. The Labute approximate surface area is 581 Å². The van der Waals surface area contributed by atoms with E-state index in [9.17, 15) is 0 Å². The monoisotopic (exact) mass is 1260 g/mol. The molecule has 0 atom stereocenters. The van der Waals surface area contributed by atoms with E-state index in [0.29, 0.717) is 0 Å². The molecule has 20 aromatic rings. The van der Waals surface area contributed by atoms with Crippen LogP contribution < -0.4 is 0 Å². The van der Waals surface area contributed by atoms with Gasteiger partial charge in [-0.25, -0.2) is 0 Å². The fraction of sp³-hybridized carbons (Fsp3) is 0. The molecule has 0 saturated carbocycles. The molecule has 0 heterocycles. The average Bonchev–Trinajstić information content (AvgIpc) is 0.750. The van der Waals surface area contributed by atoms with Crippen LogP contribution in [-0.4, -0.2) is 0 Å². The second-order valence-corrected chi connectivity index (χ2v) is 26.6. The molecule has 0 N–H and O–H groups in total. The molecule has 0 aromatic heterocycles. The lowest BCUT2D eigenvalue weighted by Crippen LogP contribution is -1.90. The van der Waals surface area contributed by atoms with Gasteiger partial charge in [0.2, 0.25) is 0 Å². The summed E-state index contributed by atoms with van der Waals surface area (Å²) >= 11 is 0. The lowest BCUT2D eigenvalue weighted by Gasteiger charge is -2.17. The molecule has 20 aromatic carbocycles. The molecular weight excluding hydrogens is 1200 g/mol. The van der Waals surface area contributed by atoms with E-state index in [1.165, 1.54) is 197 Å². The molecule has 0 radical (unpaired) electrons. The van der Waals surface area contributed by atoms with E-state index in [1.807, 2.05) is 0 Å². The quantitative estimate of drug-likeness (QED) is 0.133. The van der Waals surface area contributed by atoms with Crippen LogP contribution in [0.1, 0.15) is 0 Å². The first-order valence-corrected chi connectivity index (χ1v) is 34.7. The van der Waals surface area contributed by atoms with Crippen LogP contribution >= 0.6 is 0 Å². The standard InChI is InChI=1S/C54H34.C46H30/c1-3-18-39-37(14-1)33-53(49-26-11-7-20-43(39)49)51-30-28-41(45-22-5-9-24-47(45)51)35-16-13-17-36(32-35)42-29-31-52(48-25-10-6-23-46(42)48)54-34-38-15-2-4-19-40(38)44-21-8-12-27-50(44)54;1-3-14-43-31(8-1)10-6-16-45(43)41-24-22-37-27-35(18-20-39(37)29-41)33-12-5-13-34(26-33)36-19-21-40-30-42(25-23-38(40)28-36)46-17-7-11-32-9-2-4-15-44(32)46/h1-34H;1-30H. The van der Waals surface area contributed by atoms with Crippen molar-refractivity contribution in [1.29, 1.82) is 0 Å². The first-order valence-electron chi connectivity index (χ1n) is 34.7. The molecule has 0 heteroatoms. The van der Waals surface area contributed by atoms with E-state index in [1.54, 1.807) is 0 Å². The summed E-state index contributed by atoms with van der Waals surface area (Å²) in [6.45, 7) is 0. The maximum atomic E-state index is 2.37. The van der Waals surface area contributed by atoms with Crippen molar-refractivity contribution in [2.24, 2.45) is 0 Å². The van der Waals surface area contributed by atoms with Crippen LogP contribution in [0, 0.1) is 0 Å². The summed E-state index contributed by atoms with van der Waals surface area (Å²) in [5.41, 5.74) is 19.9. The van der Waals surface area contributed by atoms with Crippen molar-refractivity contribution in [3.05, 3.63) is 388 Å². The summed E-state index contributed by atoms with van der Waals surface area (Å²) in [6, 6.07) is 143. The Morgan fingerprint density at radius 1 is 0.0900 bits per heavy atom. The van der Waals surface area contributed by atoms with Crippen molar-refractivity contribution in [3.8, 4) is 89.0 Å². The van der Waals surface area contributed by atoms with Crippen LogP contribution in [0.5, 0.6) is 0 Å². The van der Waals surface area contributed by atoms with Crippen LogP contribution in [0.3, 0.4) is 0 Å². The molecule has 0 spiro atoms. The zero-order chi connectivity index (χ0) is 66.0. The molecule has 0 fully saturated rings. The van der Waals surface area contributed by atoms with Gasteiger partial charge in [-0.15, -0.1) is 0 Å². The van der Waals surface area contributed by atoms with Crippen molar-refractivity contribution >= 4 is 108 Å². The Kier molecular flexibility index (Phi) is 14.3. The average molecular weight is 1270 g/mol. The lowest BCUT2D eigenvalue weighted by molar-refractivity contribution is 1.61. The Morgan fingerprint density at radius 2 is 0.330 bits per heavy atom. The number of fused-ring (bicyclic) bond motifs is 12. The van der Waals surface area contributed by atoms with Gasteiger partial charge in [0.05, 0.1) is 0 Å². The van der Waals surface area contributed by atoms with Gasteiger partial charge in [-0.2, -0.15) is 0 Å². The largest absolute Gasteiger partial charge is 0.0616 e. The molecule has 0 aliphatic rings. The van der Waals surface area contributed by atoms with Gasteiger partial charge >= 0.3 is 0 Å². The Balaban J connectivity index is 0.000000141. The molecule has 20 rings (SSSR count). The fourth-order valence-corrected chi connectivity index (χ4v) is 16.0. The summed E-state index contributed by atoms with van der Waals surface area (Å²) in [6.07, 6.45) is 0. The third kappa shape index (κ3) is 10.3. The lowest BCUT2D eigenvalue weighted by atomic mass is 9.87. The zero-order valence-corrected chi connectivity index (χ0v) is 55.0. The molecule has 0 saturated heterocycles. The van der Waals surface area contributed by atoms with Crippen LogP contribution in [0.2, 0.25) is 0 Å². The van der Waals surface area contributed by atoms with Gasteiger partial charge in [-0.1, -0.05) is 340 Å². The SMILES string of the molecule is c1cc(-c2ccc(-c3cc4ccccc4c4ccccc34)c3ccccc23)cc(-c2ccc(-c3cc4ccccc4c4ccccc34)c3ccccc23)c1.c1cc(-c2ccc3cc(-c4cccc5ccccc45)ccc3c2)cc(-c2ccc3cc(-c4cccc5ccccc45)ccc3c2)c1. The highest BCUT2D eigenvalue weighted by atomic mass is 14.2. The normalized spacial score (nSPS) is 11.6. The van der Waals surface area contributed by atoms with Crippen molar-refractivity contribution in [2.45, 2.75) is 0 Å². The highest BCUT2D eigenvalue weighted by molar-refractivity contribution is 6.19. The summed E-state index contributed by atoms with van der Waals surface area (Å²) in [7, 11) is 0. The van der Waals surface area contributed by atoms with E-state index in [2.05, 4.69) is 388 Å². The molecular formula is C100H64. The van der Waals surface area contributed by atoms with Crippen molar-refractivity contribution < 1.29 is 0 Å². The number of hydrogen-bond donors (Lipinski definition) is 0. The van der Waals surface area contributed by atoms with Crippen molar-refractivity contribution in [2.75, 3.05) is 0 Å². The third-order valence-electron chi connectivity index (χ3n) is 20.9. The fourth-order valence-electron chi connectivity index (χ4n) is 16.0. The molecule has 0 aliphatic heterocycles. The highest BCUT2D eigenvalue weighted by Gasteiger charge is 2.18. The Morgan fingerprint density at radius 3 is 0.740 bits per heavy atom. The molecule has 0 amide bonds. The molecule has 464 valence electrons. The van der Waals surface area contributed by atoms with E-state index in [4.69, 9.17) is 0 Å². The third-order valence-corrected chi connectivity index (χ3v) is 20.9. The van der Waals surface area contributed by atoms with Gasteiger partial charge in [-0.05, 0) is 245 Å². The predicted molar refractivity (Wildman–Crippen MR) is 431 cm³/mol. The summed E-state index contributed by atoms with van der Waals surface area (Å²) in [5, 5.41) is 25.4. The highest BCUT2D eigenvalue weighted by Crippen LogP contribution is 2.45. The van der Waals surface area contributed by atoms with Gasteiger partial charge < -0.3 is 0 Å². The van der Waals surface area contributed by atoms with Gasteiger partial charge in [0, 0.05) is 0 Å². The van der Waals surface area contributed by atoms with E-state index in [-0.39, 0.29) is 0 Å². The maximum Gasteiger partial charge on any atom is -0.00928 e. The van der Waals surface area contributed by atoms with Crippen LogP contribution in [-0.2, 0) is 0 Å². The Bertz CT molecular complexity index is 6260. The minimum Gasteiger partial charge on any atom is -0.0616 e. The smallest absolute Gasteiger partial charge is 0.00928 e. The van der Waals surface area contributed by atoms with Gasteiger partial charge in [0.25, 0.3) is 0 Å². The second kappa shape index (κ2) is 24.6. The van der Waals surface area contributed by atoms with Crippen molar-refractivity contribution in [3.63, 3.8) is 0 Å². The number of hydrogen-bond acceptors (Lipinski definition) is 0. The van der Waals surface area contributed by atoms with E-state index in [0.717, 1.165) is 0 Å². The minimum atomic E-state index is 1.22.